The summed E-state index contributed by atoms with van der Waals surface area (Å²) in [6.07, 6.45) is -8.59. The first kappa shape index (κ1) is 11.5. The number of rotatable bonds is 3. The third kappa shape index (κ3) is 1.64. The molecular weight excluding hydrogens is 193 g/mol. The maximum atomic E-state index is 12.3. The van der Waals surface area contributed by atoms with Crippen LogP contribution in [0.1, 0.15) is 6.92 Å². The van der Waals surface area contributed by atoms with Crippen LogP contribution in [-0.4, -0.2) is 24.4 Å². The van der Waals surface area contributed by atoms with Crippen molar-refractivity contribution in [3.63, 3.8) is 0 Å². The van der Waals surface area contributed by atoms with Gasteiger partial charge in [-0.3, -0.25) is 0 Å². The van der Waals surface area contributed by atoms with Gasteiger partial charge >= 0.3 is 12.3 Å². The van der Waals surface area contributed by atoms with E-state index in [-0.39, 0.29) is 6.92 Å². The van der Waals surface area contributed by atoms with E-state index in [2.05, 4.69) is 0 Å². The molecule has 12 heavy (non-hydrogen) atoms. The Morgan fingerprint density at radius 2 is 1.17 bits per heavy atom. The molecule has 0 saturated carbocycles. The smallest absolute Gasteiger partial charge is 0.231 e. The second kappa shape index (κ2) is 3.10. The summed E-state index contributed by atoms with van der Waals surface area (Å²) < 4.78 is 81.9. The molecule has 0 amide bonds. The molecule has 1 unspecified atom stereocenters. The highest BCUT2D eigenvalue weighted by Crippen LogP contribution is 2.41. The monoisotopic (exact) mass is 198 g/mol. The van der Waals surface area contributed by atoms with Crippen molar-refractivity contribution >= 4 is 0 Å². The Hall–Kier alpha value is -0.490. The fourth-order valence-electron chi connectivity index (χ4n) is 0.359. The maximum Gasteiger partial charge on any atom is 0.345 e. The van der Waals surface area contributed by atoms with E-state index in [0.717, 1.165) is 0 Å². The molecule has 0 spiro atoms. The van der Waals surface area contributed by atoms with Crippen LogP contribution in [0, 0.1) is 0 Å². The first-order valence-electron chi connectivity index (χ1n) is 2.77. The second-order valence-corrected chi connectivity index (χ2v) is 2.30. The minimum atomic E-state index is -5.33. The summed E-state index contributed by atoms with van der Waals surface area (Å²) in [7, 11) is 0. The van der Waals surface area contributed by atoms with E-state index in [4.69, 9.17) is 0 Å². The Kier molecular flexibility index (Phi) is 2.97. The molecular formula is C5H5F7. The standard InChI is InChI=1S/C5H5F7/c1-4(10,2(6)7)5(11,12)3(8)9/h2-3H,1H3. The Morgan fingerprint density at radius 1 is 0.833 bits per heavy atom. The highest BCUT2D eigenvalue weighted by atomic mass is 19.3. The topological polar surface area (TPSA) is 0 Å². The van der Waals surface area contributed by atoms with Crippen LogP contribution < -0.4 is 0 Å². The molecule has 0 aliphatic rings. The van der Waals surface area contributed by atoms with Crippen molar-refractivity contribution in [1.82, 2.24) is 0 Å². The van der Waals surface area contributed by atoms with E-state index < -0.39 is 24.4 Å². The number of alkyl halides is 7. The Labute approximate surface area is 63.4 Å². The van der Waals surface area contributed by atoms with Crippen molar-refractivity contribution in [1.29, 1.82) is 0 Å². The summed E-state index contributed by atoms with van der Waals surface area (Å²) in [4.78, 5) is 0. The second-order valence-electron chi connectivity index (χ2n) is 2.30. The van der Waals surface area contributed by atoms with Crippen molar-refractivity contribution in [2.24, 2.45) is 0 Å². The molecule has 0 nitrogen and oxygen atoms in total. The third-order valence-electron chi connectivity index (χ3n) is 1.34. The van der Waals surface area contributed by atoms with Gasteiger partial charge in [-0.05, 0) is 6.92 Å². The van der Waals surface area contributed by atoms with Crippen molar-refractivity contribution in [2.75, 3.05) is 0 Å². The average Bonchev–Trinajstić information content (AvgIpc) is 1.86. The number of hydrogen-bond donors (Lipinski definition) is 0. The normalized spacial score (nSPS) is 18.5. The quantitative estimate of drug-likeness (QED) is 0.611. The van der Waals surface area contributed by atoms with Gasteiger partial charge in [0.05, 0.1) is 0 Å². The zero-order valence-electron chi connectivity index (χ0n) is 5.80. The predicted octanol–water partition coefficient (Wildman–Crippen LogP) is 2.88. The van der Waals surface area contributed by atoms with E-state index in [9.17, 15) is 30.7 Å². The van der Waals surface area contributed by atoms with Gasteiger partial charge in [-0.25, -0.2) is 22.0 Å². The van der Waals surface area contributed by atoms with E-state index in [1.54, 1.807) is 0 Å². The van der Waals surface area contributed by atoms with E-state index in [1.807, 2.05) is 0 Å². The minimum absolute atomic E-state index is 0.260. The van der Waals surface area contributed by atoms with Crippen molar-refractivity contribution in [3.8, 4) is 0 Å². The average molecular weight is 198 g/mol. The van der Waals surface area contributed by atoms with Crippen LogP contribution in [0.3, 0.4) is 0 Å². The Morgan fingerprint density at radius 3 is 1.25 bits per heavy atom. The number of hydrogen-bond acceptors (Lipinski definition) is 0. The van der Waals surface area contributed by atoms with Crippen LogP contribution in [0.15, 0.2) is 0 Å². The summed E-state index contributed by atoms with van der Waals surface area (Å²) in [5.74, 6) is -5.33. The lowest BCUT2D eigenvalue weighted by molar-refractivity contribution is -0.244. The van der Waals surface area contributed by atoms with Gasteiger partial charge in [-0.2, -0.15) is 8.78 Å². The molecule has 0 aromatic heterocycles. The molecule has 0 radical (unpaired) electrons. The van der Waals surface area contributed by atoms with Crippen LogP contribution in [0.2, 0.25) is 0 Å². The maximum absolute atomic E-state index is 12.3. The fraction of sp³-hybridized carbons (Fsp3) is 1.00. The van der Waals surface area contributed by atoms with Crippen LogP contribution in [-0.2, 0) is 0 Å². The Bertz CT molecular complexity index is 132. The van der Waals surface area contributed by atoms with Gasteiger partial charge in [0.1, 0.15) is 0 Å². The summed E-state index contributed by atoms with van der Waals surface area (Å²) in [5.41, 5.74) is -4.50. The van der Waals surface area contributed by atoms with E-state index in [1.165, 1.54) is 0 Å². The van der Waals surface area contributed by atoms with Crippen molar-refractivity contribution < 1.29 is 30.7 Å². The molecule has 7 heteroatoms. The molecule has 1 atom stereocenters. The van der Waals surface area contributed by atoms with Gasteiger partial charge in [0.2, 0.25) is 5.67 Å². The van der Waals surface area contributed by atoms with Crippen molar-refractivity contribution in [3.05, 3.63) is 0 Å². The molecule has 0 heterocycles. The van der Waals surface area contributed by atoms with Gasteiger partial charge in [0.15, 0.2) is 0 Å². The molecule has 74 valence electrons. The SMILES string of the molecule is CC(F)(C(F)F)C(F)(F)C(F)F. The van der Waals surface area contributed by atoms with E-state index in [0.29, 0.717) is 0 Å². The first-order chi connectivity index (χ1) is 5.14. The molecule has 0 aromatic carbocycles. The van der Waals surface area contributed by atoms with Crippen LogP contribution in [0.25, 0.3) is 0 Å². The summed E-state index contributed by atoms with van der Waals surface area (Å²) in [6, 6.07) is 0. The summed E-state index contributed by atoms with van der Waals surface area (Å²) >= 11 is 0. The van der Waals surface area contributed by atoms with Crippen LogP contribution >= 0.6 is 0 Å². The molecule has 0 aliphatic heterocycles. The summed E-state index contributed by atoms with van der Waals surface area (Å²) in [6.45, 7) is -0.260. The first-order valence-corrected chi connectivity index (χ1v) is 2.77. The lowest BCUT2D eigenvalue weighted by Crippen LogP contribution is -2.52. The van der Waals surface area contributed by atoms with Crippen molar-refractivity contribution in [2.45, 2.75) is 31.4 Å². The minimum Gasteiger partial charge on any atom is -0.231 e. The molecule has 0 aromatic rings. The molecule has 0 aliphatic carbocycles. The van der Waals surface area contributed by atoms with Gasteiger partial charge in [0.25, 0.3) is 6.43 Å². The van der Waals surface area contributed by atoms with Crippen LogP contribution in [0.4, 0.5) is 30.7 Å². The molecule has 0 N–H and O–H groups in total. The largest absolute Gasteiger partial charge is 0.345 e. The summed E-state index contributed by atoms with van der Waals surface area (Å²) in [5, 5.41) is 0. The molecule has 0 fully saturated rings. The zero-order chi connectivity index (χ0) is 10.2. The predicted molar refractivity (Wildman–Crippen MR) is 26.5 cm³/mol. The molecule has 0 bridgehead atoms. The Balaban J connectivity index is 4.75. The van der Waals surface area contributed by atoms with Gasteiger partial charge in [-0.1, -0.05) is 0 Å². The van der Waals surface area contributed by atoms with Gasteiger partial charge < -0.3 is 0 Å². The zero-order valence-corrected chi connectivity index (χ0v) is 5.80. The molecule has 0 rings (SSSR count). The highest BCUT2D eigenvalue weighted by Gasteiger charge is 2.63. The highest BCUT2D eigenvalue weighted by molar-refractivity contribution is 4.93. The number of halogens is 7. The van der Waals surface area contributed by atoms with Gasteiger partial charge in [0, 0.05) is 0 Å². The van der Waals surface area contributed by atoms with E-state index >= 15 is 0 Å². The lowest BCUT2D eigenvalue weighted by Gasteiger charge is -2.28. The third-order valence-corrected chi connectivity index (χ3v) is 1.34. The lowest BCUT2D eigenvalue weighted by atomic mass is 10.0. The fourth-order valence-corrected chi connectivity index (χ4v) is 0.359. The molecule has 0 saturated heterocycles. The van der Waals surface area contributed by atoms with Crippen LogP contribution in [0.5, 0.6) is 0 Å². The van der Waals surface area contributed by atoms with Gasteiger partial charge in [-0.15, -0.1) is 0 Å².